The number of hydrogen-bond donors (Lipinski definition) is 1. The molecule has 0 radical (unpaired) electrons. The van der Waals surface area contributed by atoms with Gasteiger partial charge < -0.3 is 15.5 Å². The van der Waals surface area contributed by atoms with Crippen LogP contribution in [0.1, 0.15) is 6.42 Å². The van der Waals surface area contributed by atoms with Crippen molar-refractivity contribution in [3.8, 4) is 0 Å². The predicted molar refractivity (Wildman–Crippen MR) is 64.9 cm³/mol. The van der Waals surface area contributed by atoms with Crippen LogP contribution in [0.5, 0.6) is 0 Å². The number of hydrogen-bond acceptors (Lipinski definition) is 3. The minimum atomic E-state index is -4.35. The van der Waals surface area contributed by atoms with E-state index >= 15 is 0 Å². The Labute approximate surface area is 105 Å². The van der Waals surface area contributed by atoms with Gasteiger partial charge in [-0.2, -0.15) is 13.2 Å². The van der Waals surface area contributed by atoms with E-state index < -0.39 is 17.1 Å². The molecule has 3 nitrogen and oxygen atoms in total. The van der Waals surface area contributed by atoms with Crippen molar-refractivity contribution < 1.29 is 13.2 Å². The van der Waals surface area contributed by atoms with Crippen LogP contribution in [0, 0.1) is 5.92 Å². The molecular formula is C10H18F3N3S. The molecule has 17 heavy (non-hydrogen) atoms. The molecule has 1 fully saturated rings. The second-order valence-corrected chi connectivity index (χ2v) is 5.13. The third-order valence-electron chi connectivity index (χ3n) is 3.16. The molecule has 1 saturated heterocycles. The van der Waals surface area contributed by atoms with Gasteiger partial charge in [0.1, 0.15) is 5.92 Å². The van der Waals surface area contributed by atoms with Crippen molar-refractivity contribution in [2.45, 2.75) is 18.6 Å². The summed E-state index contributed by atoms with van der Waals surface area (Å²) < 4.78 is 38.0. The van der Waals surface area contributed by atoms with E-state index in [9.17, 15) is 13.2 Å². The Balaban J connectivity index is 2.56. The number of likely N-dealkylation sites (N-methyl/N-ethyl adjacent to an activating group) is 1. The Morgan fingerprint density at radius 2 is 2.12 bits per heavy atom. The molecule has 0 aromatic carbocycles. The summed E-state index contributed by atoms with van der Waals surface area (Å²) in [5.41, 5.74) is 5.17. The van der Waals surface area contributed by atoms with Crippen molar-refractivity contribution in [3.05, 3.63) is 0 Å². The van der Waals surface area contributed by atoms with Crippen LogP contribution in [-0.2, 0) is 0 Å². The molecule has 7 heteroatoms. The SMILES string of the molecule is CN(C)C1CCN(CC(C(N)=S)C(F)(F)F)C1. The van der Waals surface area contributed by atoms with Gasteiger partial charge in [0, 0.05) is 19.1 Å². The maximum absolute atomic E-state index is 12.7. The number of likely N-dealkylation sites (tertiary alicyclic amines) is 1. The third-order valence-corrected chi connectivity index (χ3v) is 3.44. The van der Waals surface area contributed by atoms with Crippen molar-refractivity contribution in [3.63, 3.8) is 0 Å². The van der Waals surface area contributed by atoms with E-state index in [0.717, 1.165) is 6.42 Å². The Morgan fingerprint density at radius 3 is 2.47 bits per heavy atom. The molecule has 2 N–H and O–H groups in total. The number of alkyl halides is 3. The zero-order valence-electron chi connectivity index (χ0n) is 10.00. The zero-order chi connectivity index (χ0) is 13.2. The van der Waals surface area contributed by atoms with E-state index in [1.165, 1.54) is 0 Å². The van der Waals surface area contributed by atoms with Crippen LogP contribution in [-0.4, -0.2) is 60.7 Å². The molecule has 0 bridgehead atoms. The van der Waals surface area contributed by atoms with Gasteiger partial charge >= 0.3 is 6.18 Å². The van der Waals surface area contributed by atoms with Gasteiger partial charge in [-0.15, -0.1) is 0 Å². The molecule has 1 heterocycles. The lowest BCUT2D eigenvalue weighted by molar-refractivity contribution is -0.158. The Bertz CT molecular complexity index is 280. The molecule has 2 atom stereocenters. The van der Waals surface area contributed by atoms with Gasteiger partial charge in [-0.05, 0) is 27.1 Å². The van der Waals surface area contributed by atoms with Gasteiger partial charge in [0.25, 0.3) is 0 Å². The number of nitrogens with zero attached hydrogens (tertiary/aromatic N) is 2. The van der Waals surface area contributed by atoms with Crippen LogP contribution in [0.2, 0.25) is 0 Å². The molecule has 0 aromatic rings. The first-order valence-corrected chi connectivity index (χ1v) is 5.87. The first kappa shape index (κ1) is 14.7. The number of rotatable bonds is 4. The monoisotopic (exact) mass is 269 g/mol. The smallest absolute Gasteiger partial charge is 0.393 e. The average Bonchev–Trinajstić information content (AvgIpc) is 2.59. The van der Waals surface area contributed by atoms with E-state index in [-0.39, 0.29) is 6.54 Å². The second kappa shape index (κ2) is 5.49. The van der Waals surface area contributed by atoms with Crippen molar-refractivity contribution >= 4 is 17.2 Å². The fraction of sp³-hybridized carbons (Fsp3) is 0.900. The molecule has 1 rings (SSSR count). The standard InChI is InChI=1S/C10H18F3N3S/c1-15(2)7-3-4-16(5-7)6-8(9(14)17)10(11,12)13/h7-8H,3-6H2,1-2H3,(H2,14,17). The lowest BCUT2D eigenvalue weighted by atomic mass is 10.1. The van der Waals surface area contributed by atoms with E-state index in [0.29, 0.717) is 19.1 Å². The molecule has 0 saturated carbocycles. The summed E-state index contributed by atoms with van der Waals surface area (Å²) in [7, 11) is 3.87. The highest BCUT2D eigenvalue weighted by Crippen LogP contribution is 2.28. The van der Waals surface area contributed by atoms with Crippen molar-refractivity contribution in [2.75, 3.05) is 33.7 Å². The summed E-state index contributed by atoms with van der Waals surface area (Å²) in [5.74, 6) is -1.70. The second-order valence-electron chi connectivity index (χ2n) is 4.66. The molecule has 1 aliphatic heterocycles. The molecule has 0 aromatic heterocycles. The molecule has 0 amide bonds. The molecule has 0 spiro atoms. The van der Waals surface area contributed by atoms with Crippen LogP contribution < -0.4 is 5.73 Å². The van der Waals surface area contributed by atoms with Crippen molar-refractivity contribution in [1.82, 2.24) is 9.80 Å². The van der Waals surface area contributed by atoms with E-state index in [1.807, 2.05) is 19.0 Å². The number of halogens is 3. The first-order valence-electron chi connectivity index (χ1n) is 5.46. The normalized spacial score (nSPS) is 24.2. The fourth-order valence-electron chi connectivity index (χ4n) is 2.01. The number of thiocarbonyl (C=S) groups is 1. The maximum Gasteiger partial charge on any atom is 0.399 e. The van der Waals surface area contributed by atoms with Gasteiger partial charge in [-0.25, -0.2) is 0 Å². The minimum Gasteiger partial charge on any atom is -0.393 e. The summed E-state index contributed by atoms with van der Waals surface area (Å²) in [6.45, 7) is 1.18. The highest BCUT2D eigenvalue weighted by atomic mass is 32.1. The van der Waals surface area contributed by atoms with Crippen LogP contribution in [0.3, 0.4) is 0 Å². The highest BCUT2D eigenvalue weighted by Gasteiger charge is 2.43. The Kier molecular flexibility index (Phi) is 4.74. The van der Waals surface area contributed by atoms with E-state index in [4.69, 9.17) is 5.73 Å². The largest absolute Gasteiger partial charge is 0.399 e. The van der Waals surface area contributed by atoms with E-state index in [2.05, 4.69) is 12.2 Å². The van der Waals surface area contributed by atoms with E-state index in [1.54, 1.807) is 4.90 Å². The summed E-state index contributed by atoms with van der Waals surface area (Å²) >= 11 is 4.50. The lowest BCUT2D eigenvalue weighted by Crippen LogP contribution is -2.43. The van der Waals surface area contributed by atoms with Crippen molar-refractivity contribution in [1.29, 1.82) is 0 Å². The van der Waals surface area contributed by atoms with Crippen LogP contribution >= 0.6 is 12.2 Å². The van der Waals surface area contributed by atoms with Crippen LogP contribution in [0.15, 0.2) is 0 Å². The molecule has 0 aliphatic carbocycles. The van der Waals surface area contributed by atoms with Gasteiger partial charge in [-0.3, -0.25) is 0 Å². The van der Waals surface area contributed by atoms with Gasteiger partial charge in [0.05, 0.1) is 4.99 Å². The van der Waals surface area contributed by atoms with Crippen LogP contribution in [0.25, 0.3) is 0 Å². The maximum atomic E-state index is 12.7. The summed E-state index contributed by atoms with van der Waals surface area (Å²) in [6, 6.07) is 0.315. The predicted octanol–water partition coefficient (Wildman–Crippen LogP) is 1.09. The molecule has 1 aliphatic rings. The lowest BCUT2D eigenvalue weighted by Gasteiger charge is -2.25. The minimum absolute atomic E-state index is 0.122. The number of nitrogens with two attached hydrogens (primary N) is 1. The van der Waals surface area contributed by atoms with Gasteiger partial charge in [0.15, 0.2) is 0 Å². The van der Waals surface area contributed by atoms with Crippen molar-refractivity contribution in [2.24, 2.45) is 11.7 Å². The Morgan fingerprint density at radius 1 is 1.53 bits per heavy atom. The quantitative estimate of drug-likeness (QED) is 0.774. The fourth-order valence-corrected chi connectivity index (χ4v) is 2.22. The van der Waals surface area contributed by atoms with Crippen LogP contribution in [0.4, 0.5) is 13.2 Å². The Hall–Kier alpha value is -0.400. The zero-order valence-corrected chi connectivity index (χ0v) is 10.8. The first-order chi connectivity index (χ1) is 7.71. The topological polar surface area (TPSA) is 32.5 Å². The summed E-state index contributed by atoms with van der Waals surface area (Å²) in [6.07, 6.45) is -3.46. The summed E-state index contributed by atoms with van der Waals surface area (Å²) in [5, 5.41) is 0. The molecular weight excluding hydrogens is 251 g/mol. The highest BCUT2D eigenvalue weighted by molar-refractivity contribution is 7.80. The van der Waals surface area contributed by atoms with Gasteiger partial charge in [-0.1, -0.05) is 12.2 Å². The van der Waals surface area contributed by atoms with Gasteiger partial charge in [0.2, 0.25) is 0 Å². The average molecular weight is 269 g/mol. The molecule has 100 valence electrons. The summed E-state index contributed by atoms with van der Waals surface area (Å²) in [4.78, 5) is 3.34. The third kappa shape index (κ3) is 4.08. The molecule has 2 unspecified atom stereocenters.